The molecular formula is C12H26N2O2. The van der Waals surface area contributed by atoms with E-state index in [-0.39, 0.29) is 6.61 Å². The highest BCUT2D eigenvalue weighted by molar-refractivity contribution is 4.86. The van der Waals surface area contributed by atoms with E-state index in [0.29, 0.717) is 5.41 Å². The van der Waals surface area contributed by atoms with Crippen LogP contribution in [0.1, 0.15) is 19.8 Å². The maximum absolute atomic E-state index is 8.94. The SMILES string of the molecule is CCNCC1(CN(C)CCO)CCOCC1. The van der Waals surface area contributed by atoms with E-state index in [4.69, 9.17) is 9.84 Å². The molecule has 1 rings (SSSR count). The Balaban J connectivity index is 2.47. The van der Waals surface area contributed by atoms with Gasteiger partial charge in [-0.1, -0.05) is 6.92 Å². The summed E-state index contributed by atoms with van der Waals surface area (Å²) in [7, 11) is 2.08. The highest BCUT2D eigenvalue weighted by Crippen LogP contribution is 2.30. The van der Waals surface area contributed by atoms with Gasteiger partial charge in [-0.25, -0.2) is 0 Å². The van der Waals surface area contributed by atoms with Gasteiger partial charge in [0.1, 0.15) is 0 Å². The molecule has 0 aromatic heterocycles. The molecule has 0 aromatic rings. The van der Waals surface area contributed by atoms with Crippen molar-refractivity contribution in [3.8, 4) is 0 Å². The van der Waals surface area contributed by atoms with Crippen molar-refractivity contribution in [3.63, 3.8) is 0 Å². The van der Waals surface area contributed by atoms with Gasteiger partial charge in [-0.15, -0.1) is 0 Å². The van der Waals surface area contributed by atoms with Crippen molar-refractivity contribution in [2.45, 2.75) is 19.8 Å². The van der Waals surface area contributed by atoms with Crippen LogP contribution in [0, 0.1) is 5.41 Å². The van der Waals surface area contributed by atoms with Crippen LogP contribution < -0.4 is 5.32 Å². The normalized spacial score (nSPS) is 20.2. The van der Waals surface area contributed by atoms with Crippen LogP contribution in [0.2, 0.25) is 0 Å². The molecule has 0 saturated carbocycles. The third kappa shape index (κ3) is 4.37. The summed E-state index contributed by atoms with van der Waals surface area (Å²) in [5.41, 5.74) is 0.332. The highest BCUT2D eigenvalue weighted by Gasteiger charge is 2.33. The van der Waals surface area contributed by atoms with Crippen LogP contribution in [-0.2, 0) is 4.74 Å². The lowest BCUT2D eigenvalue weighted by atomic mass is 9.79. The van der Waals surface area contributed by atoms with Gasteiger partial charge in [-0.2, -0.15) is 0 Å². The van der Waals surface area contributed by atoms with E-state index in [9.17, 15) is 0 Å². The molecule has 1 heterocycles. The molecule has 1 aliphatic heterocycles. The summed E-state index contributed by atoms with van der Waals surface area (Å²) in [6.07, 6.45) is 2.24. The zero-order valence-corrected chi connectivity index (χ0v) is 10.7. The van der Waals surface area contributed by atoms with E-state index in [1.54, 1.807) is 0 Å². The number of hydrogen-bond donors (Lipinski definition) is 2. The summed E-state index contributed by atoms with van der Waals surface area (Å²) in [5.74, 6) is 0. The van der Waals surface area contributed by atoms with Gasteiger partial charge < -0.3 is 20.1 Å². The summed E-state index contributed by atoms with van der Waals surface area (Å²) >= 11 is 0. The van der Waals surface area contributed by atoms with Crippen LogP contribution in [0.25, 0.3) is 0 Å². The van der Waals surface area contributed by atoms with Gasteiger partial charge in [0.25, 0.3) is 0 Å². The van der Waals surface area contributed by atoms with Crippen molar-refractivity contribution in [1.82, 2.24) is 10.2 Å². The quantitative estimate of drug-likeness (QED) is 0.661. The Morgan fingerprint density at radius 2 is 2.06 bits per heavy atom. The molecule has 0 unspecified atom stereocenters. The minimum absolute atomic E-state index is 0.240. The van der Waals surface area contributed by atoms with Gasteiger partial charge in [-0.3, -0.25) is 0 Å². The van der Waals surface area contributed by atoms with E-state index in [2.05, 4.69) is 24.2 Å². The van der Waals surface area contributed by atoms with Crippen molar-refractivity contribution in [1.29, 1.82) is 0 Å². The van der Waals surface area contributed by atoms with Crippen molar-refractivity contribution in [2.75, 3.05) is 53.0 Å². The summed E-state index contributed by atoms with van der Waals surface area (Å²) in [6.45, 7) is 8.01. The highest BCUT2D eigenvalue weighted by atomic mass is 16.5. The molecule has 0 aliphatic carbocycles. The molecule has 1 saturated heterocycles. The molecule has 1 aliphatic rings. The van der Waals surface area contributed by atoms with E-state index in [1.807, 2.05) is 0 Å². The third-order valence-electron chi connectivity index (χ3n) is 3.39. The van der Waals surface area contributed by atoms with Crippen LogP contribution in [-0.4, -0.2) is 63.1 Å². The summed E-state index contributed by atoms with van der Waals surface area (Å²) < 4.78 is 5.45. The van der Waals surface area contributed by atoms with E-state index in [1.165, 1.54) is 0 Å². The van der Waals surface area contributed by atoms with Crippen LogP contribution >= 0.6 is 0 Å². The average molecular weight is 230 g/mol. The Morgan fingerprint density at radius 1 is 1.38 bits per heavy atom. The Morgan fingerprint density at radius 3 is 2.62 bits per heavy atom. The smallest absolute Gasteiger partial charge is 0.0558 e. The third-order valence-corrected chi connectivity index (χ3v) is 3.39. The molecular weight excluding hydrogens is 204 g/mol. The maximum Gasteiger partial charge on any atom is 0.0558 e. The zero-order valence-electron chi connectivity index (χ0n) is 10.7. The van der Waals surface area contributed by atoms with E-state index in [0.717, 1.165) is 52.2 Å². The number of aliphatic hydroxyl groups excluding tert-OH is 1. The van der Waals surface area contributed by atoms with Gasteiger partial charge in [0.15, 0.2) is 0 Å². The van der Waals surface area contributed by atoms with Gasteiger partial charge in [0.2, 0.25) is 0 Å². The van der Waals surface area contributed by atoms with Crippen molar-refractivity contribution < 1.29 is 9.84 Å². The van der Waals surface area contributed by atoms with Crippen LogP contribution in [0.15, 0.2) is 0 Å². The number of nitrogens with one attached hydrogen (secondary N) is 1. The number of aliphatic hydroxyl groups is 1. The molecule has 1 fully saturated rings. The van der Waals surface area contributed by atoms with Crippen molar-refractivity contribution in [2.24, 2.45) is 5.41 Å². The second-order valence-corrected chi connectivity index (χ2v) is 4.85. The molecule has 4 heteroatoms. The summed E-state index contributed by atoms with van der Waals surface area (Å²) in [4.78, 5) is 2.22. The summed E-state index contributed by atoms with van der Waals surface area (Å²) in [5, 5.41) is 12.4. The molecule has 0 aromatic carbocycles. The molecule has 0 bridgehead atoms. The lowest BCUT2D eigenvalue weighted by Crippen LogP contribution is -2.47. The number of likely N-dealkylation sites (N-methyl/N-ethyl adjacent to an activating group) is 1. The molecule has 96 valence electrons. The van der Waals surface area contributed by atoms with Gasteiger partial charge >= 0.3 is 0 Å². The topological polar surface area (TPSA) is 44.7 Å². The van der Waals surface area contributed by atoms with Gasteiger partial charge in [-0.05, 0) is 31.8 Å². The number of hydrogen-bond acceptors (Lipinski definition) is 4. The van der Waals surface area contributed by atoms with Crippen LogP contribution in [0.4, 0.5) is 0 Å². The zero-order chi connectivity index (χ0) is 11.9. The van der Waals surface area contributed by atoms with Gasteiger partial charge in [0.05, 0.1) is 6.61 Å². The number of nitrogens with zero attached hydrogens (tertiary/aromatic N) is 1. The minimum Gasteiger partial charge on any atom is -0.395 e. The second-order valence-electron chi connectivity index (χ2n) is 4.85. The van der Waals surface area contributed by atoms with Crippen LogP contribution in [0.5, 0.6) is 0 Å². The molecule has 0 radical (unpaired) electrons. The molecule has 4 nitrogen and oxygen atoms in total. The lowest BCUT2D eigenvalue weighted by Gasteiger charge is -2.40. The number of rotatable bonds is 7. The van der Waals surface area contributed by atoms with Crippen LogP contribution in [0.3, 0.4) is 0 Å². The Hall–Kier alpha value is -0.160. The van der Waals surface area contributed by atoms with E-state index >= 15 is 0 Å². The first kappa shape index (κ1) is 13.9. The van der Waals surface area contributed by atoms with E-state index < -0.39 is 0 Å². The first-order valence-corrected chi connectivity index (χ1v) is 6.30. The molecule has 16 heavy (non-hydrogen) atoms. The van der Waals surface area contributed by atoms with Crippen molar-refractivity contribution >= 4 is 0 Å². The Labute approximate surface area is 99.0 Å². The fraction of sp³-hybridized carbons (Fsp3) is 1.00. The molecule has 0 spiro atoms. The predicted molar refractivity (Wildman–Crippen MR) is 65.6 cm³/mol. The maximum atomic E-state index is 8.94. The summed E-state index contributed by atoms with van der Waals surface area (Å²) in [6, 6.07) is 0. The second kappa shape index (κ2) is 7.22. The first-order chi connectivity index (χ1) is 7.72. The first-order valence-electron chi connectivity index (χ1n) is 6.30. The lowest BCUT2D eigenvalue weighted by molar-refractivity contribution is -0.00199. The van der Waals surface area contributed by atoms with Crippen molar-refractivity contribution in [3.05, 3.63) is 0 Å². The van der Waals surface area contributed by atoms with Gasteiger partial charge in [0, 0.05) is 32.8 Å². The Bertz CT molecular complexity index is 182. The average Bonchev–Trinajstić information content (AvgIpc) is 2.28. The largest absolute Gasteiger partial charge is 0.395 e. The molecule has 0 amide bonds. The minimum atomic E-state index is 0.240. The predicted octanol–water partition coefficient (Wildman–Crippen LogP) is 0.317. The fourth-order valence-electron chi connectivity index (χ4n) is 2.41. The number of ether oxygens (including phenoxy) is 1. The monoisotopic (exact) mass is 230 g/mol. The fourth-order valence-corrected chi connectivity index (χ4v) is 2.41. The Kier molecular flexibility index (Phi) is 6.28. The standard InChI is InChI=1S/C12H26N2O2/c1-3-13-10-12(4-8-16-9-5-12)11-14(2)6-7-15/h13,15H,3-11H2,1-2H3. The molecule has 0 atom stereocenters. The molecule has 2 N–H and O–H groups in total.